The highest BCUT2D eigenvalue weighted by molar-refractivity contribution is 5.74. The molecule has 1 N–H and O–H groups in total. The van der Waals surface area contributed by atoms with Gasteiger partial charge in [-0.3, -0.25) is 0 Å². The predicted molar refractivity (Wildman–Crippen MR) is 100 cm³/mol. The molecule has 0 spiro atoms. The predicted octanol–water partition coefficient (Wildman–Crippen LogP) is 4.09. The third kappa shape index (κ3) is 4.66. The number of ether oxygens (including phenoxy) is 1. The standard InChI is InChI=1S/C21H22N2O3/c1-23(14-16-25-18-11-6-3-7-12-18)21(24)22-20(19-13-8-15-26-19)17-9-4-2-5-10-17/h2-13,15,20H,14,16H2,1H3,(H,22,24). The lowest BCUT2D eigenvalue weighted by Crippen LogP contribution is -2.41. The van der Waals surface area contributed by atoms with Crippen molar-refractivity contribution in [2.45, 2.75) is 6.04 Å². The van der Waals surface area contributed by atoms with Crippen LogP contribution in [-0.4, -0.2) is 31.1 Å². The number of urea groups is 1. The largest absolute Gasteiger partial charge is 0.492 e. The summed E-state index contributed by atoms with van der Waals surface area (Å²) in [5, 5.41) is 3.02. The second-order valence-electron chi connectivity index (χ2n) is 5.89. The highest BCUT2D eigenvalue weighted by Crippen LogP contribution is 2.22. The lowest BCUT2D eigenvalue weighted by atomic mass is 10.0. The van der Waals surface area contributed by atoms with Gasteiger partial charge in [0.05, 0.1) is 12.8 Å². The number of hydrogen-bond donors (Lipinski definition) is 1. The van der Waals surface area contributed by atoms with Gasteiger partial charge >= 0.3 is 6.03 Å². The van der Waals surface area contributed by atoms with Gasteiger partial charge in [0.1, 0.15) is 24.2 Å². The number of furan rings is 1. The number of rotatable bonds is 7. The van der Waals surface area contributed by atoms with Crippen molar-refractivity contribution in [3.8, 4) is 5.75 Å². The SMILES string of the molecule is CN(CCOc1ccccc1)C(=O)NC(c1ccccc1)c1ccco1. The van der Waals surface area contributed by atoms with E-state index < -0.39 is 0 Å². The number of likely N-dealkylation sites (N-methyl/N-ethyl adjacent to an activating group) is 1. The zero-order valence-electron chi connectivity index (χ0n) is 14.7. The average molecular weight is 350 g/mol. The number of nitrogens with zero attached hydrogens (tertiary/aromatic N) is 1. The maximum absolute atomic E-state index is 12.6. The molecule has 0 aliphatic heterocycles. The Morgan fingerprint density at radius 3 is 2.38 bits per heavy atom. The molecule has 1 atom stereocenters. The van der Waals surface area contributed by atoms with Gasteiger partial charge in [-0.05, 0) is 29.8 Å². The fourth-order valence-corrected chi connectivity index (χ4v) is 2.57. The van der Waals surface area contributed by atoms with Gasteiger partial charge in [-0.1, -0.05) is 48.5 Å². The minimum atomic E-state index is -0.337. The van der Waals surface area contributed by atoms with E-state index in [1.807, 2.05) is 72.8 Å². The van der Waals surface area contributed by atoms with Crippen molar-refractivity contribution in [3.05, 3.63) is 90.4 Å². The molecule has 5 nitrogen and oxygen atoms in total. The van der Waals surface area contributed by atoms with Crippen LogP contribution in [0.15, 0.2) is 83.5 Å². The van der Waals surface area contributed by atoms with E-state index in [-0.39, 0.29) is 12.1 Å². The molecular formula is C21H22N2O3. The summed E-state index contributed by atoms with van der Waals surface area (Å²) in [7, 11) is 1.74. The van der Waals surface area contributed by atoms with E-state index in [1.165, 1.54) is 0 Å². The highest BCUT2D eigenvalue weighted by atomic mass is 16.5. The maximum atomic E-state index is 12.6. The van der Waals surface area contributed by atoms with Crippen LogP contribution in [0.3, 0.4) is 0 Å². The Morgan fingerprint density at radius 2 is 1.73 bits per heavy atom. The van der Waals surface area contributed by atoms with E-state index in [1.54, 1.807) is 18.2 Å². The third-order valence-corrected chi connectivity index (χ3v) is 4.01. The number of para-hydroxylation sites is 1. The molecule has 0 radical (unpaired) electrons. The highest BCUT2D eigenvalue weighted by Gasteiger charge is 2.21. The summed E-state index contributed by atoms with van der Waals surface area (Å²) in [4.78, 5) is 14.2. The van der Waals surface area contributed by atoms with E-state index in [0.717, 1.165) is 11.3 Å². The van der Waals surface area contributed by atoms with Gasteiger partial charge in [-0.15, -0.1) is 0 Å². The average Bonchev–Trinajstić information content (AvgIpc) is 3.22. The van der Waals surface area contributed by atoms with Crippen LogP contribution in [0.2, 0.25) is 0 Å². The summed E-state index contributed by atoms with van der Waals surface area (Å²) >= 11 is 0. The summed E-state index contributed by atoms with van der Waals surface area (Å²) in [5.74, 6) is 1.48. The van der Waals surface area contributed by atoms with Crippen molar-refractivity contribution in [1.82, 2.24) is 10.2 Å². The van der Waals surface area contributed by atoms with Crippen LogP contribution in [-0.2, 0) is 0 Å². The Balaban J connectivity index is 1.59. The first-order chi connectivity index (χ1) is 12.7. The van der Waals surface area contributed by atoms with Gasteiger partial charge in [-0.25, -0.2) is 4.79 Å². The van der Waals surface area contributed by atoms with Crippen LogP contribution in [0.25, 0.3) is 0 Å². The minimum Gasteiger partial charge on any atom is -0.492 e. The molecule has 3 aromatic rings. The summed E-state index contributed by atoms with van der Waals surface area (Å²) in [6.07, 6.45) is 1.61. The molecule has 0 aliphatic carbocycles. The molecule has 1 heterocycles. The molecular weight excluding hydrogens is 328 g/mol. The first-order valence-corrected chi connectivity index (χ1v) is 8.52. The molecule has 26 heavy (non-hydrogen) atoms. The van der Waals surface area contributed by atoms with E-state index in [9.17, 15) is 4.79 Å². The molecule has 0 saturated carbocycles. The Kier molecular flexibility index (Phi) is 5.93. The second kappa shape index (κ2) is 8.76. The molecule has 0 saturated heterocycles. The lowest BCUT2D eigenvalue weighted by Gasteiger charge is -2.23. The number of carbonyl (C=O) groups is 1. The molecule has 5 heteroatoms. The Morgan fingerprint density at radius 1 is 1.04 bits per heavy atom. The van der Waals surface area contributed by atoms with Crippen LogP contribution in [0.4, 0.5) is 4.79 Å². The molecule has 2 amide bonds. The normalized spacial score (nSPS) is 11.6. The lowest BCUT2D eigenvalue weighted by molar-refractivity contribution is 0.192. The molecule has 3 rings (SSSR count). The van der Waals surface area contributed by atoms with Crippen molar-refractivity contribution in [1.29, 1.82) is 0 Å². The number of nitrogens with one attached hydrogen (secondary N) is 1. The van der Waals surface area contributed by atoms with Gasteiger partial charge in [0.2, 0.25) is 0 Å². The van der Waals surface area contributed by atoms with E-state index in [4.69, 9.17) is 9.15 Å². The van der Waals surface area contributed by atoms with Crippen LogP contribution < -0.4 is 10.1 Å². The summed E-state index contributed by atoms with van der Waals surface area (Å²) in [6.45, 7) is 0.894. The van der Waals surface area contributed by atoms with Gasteiger partial charge < -0.3 is 19.4 Å². The zero-order chi connectivity index (χ0) is 18.2. The van der Waals surface area contributed by atoms with E-state index >= 15 is 0 Å². The van der Waals surface area contributed by atoms with Crippen LogP contribution in [0.1, 0.15) is 17.4 Å². The zero-order valence-corrected chi connectivity index (χ0v) is 14.7. The molecule has 134 valence electrons. The molecule has 0 bridgehead atoms. The van der Waals surface area contributed by atoms with E-state index in [0.29, 0.717) is 18.9 Å². The minimum absolute atomic E-state index is 0.188. The van der Waals surface area contributed by atoms with Crippen LogP contribution in [0, 0.1) is 0 Å². The van der Waals surface area contributed by atoms with Crippen molar-refractivity contribution in [3.63, 3.8) is 0 Å². The number of carbonyl (C=O) groups excluding carboxylic acids is 1. The fourth-order valence-electron chi connectivity index (χ4n) is 2.57. The number of hydrogen-bond acceptors (Lipinski definition) is 3. The van der Waals surface area contributed by atoms with Gasteiger partial charge in [0.15, 0.2) is 0 Å². The monoisotopic (exact) mass is 350 g/mol. The molecule has 0 aliphatic rings. The van der Waals surface area contributed by atoms with E-state index in [2.05, 4.69) is 5.32 Å². The quantitative estimate of drug-likeness (QED) is 0.698. The van der Waals surface area contributed by atoms with Gasteiger partial charge in [0.25, 0.3) is 0 Å². The number of benzene rings is 2. The third-order valence-electron chi connectivity index (χ3n) is 4.01. The summed E-state index contributed by atoms with van der Waals surface area (Å²) in [6, 6.07) is 22.4. The van der Waals surface area contributed by atoms with Gasteiger partial charge in [-0.2, -0.15) is 0 Å². The Bertz CT molecular complexity index is 789. The van der Waals surface area contributed by atoms with Gasteiger partial charge in [0, 0.05) is 7.05 Å². The first kappa shape index (κ1) is 17.6. The maximum Gasteiger partial charge on any atom is 0.318 e. The second-order valence-corrected chi connectivity index (χ2v) is 5.89. The van der Waals surface area contributed by atoms with Crippen molar-refractivity contribution < 1.29 is 13.9 Å². The summed E-state index contributed by atoms with van der Waals surface area (Å²) in [5.41, 5.74) is 0.963. The van der Waals surface area contributed by atoms with Crippen LogP contribution >= 0.6 is 0 Å². The van der Waals surface area contributed by atoms with Crippen LogP contribution in [0.5, 0.6) is 5.75 Å². The number of amides is 2. The fraction of sp³-hybridized carbons (Fsp3) is 0.190. The first-order valence-electron chi connectivity index (χ1n) is 8.52. The molecule has 0 fully saturated rings. The summed E-state index contributed by atoms with van der Waals surface area (Å²) < 4.78 is 11.2. The smallest absolute Gasteiger partial charge is 0.318 e. The molecule has 1 aromatic heterocycles. The van der Waals surface area contributed by atoms with Crippen molar-refractivity contribution in [2.75, 3.05) is 20.2 Å². The Hall–Kier alpha value is -3.21. The Labute approximate surface area is 153 Å². The molecule has 2 aromatic carbocycles. The molecule has 1 unspecified atom stereocenters. The topological polar surface area (TPSA) is 54.7 Å². The van der Waals surface area contributed by atoms with Crippen molar-refractivity contribution in [2.24, 2.45) is 0 Å². The van der Waals surface area contributed by atoms with Crippen molar-refractivity contribution >= 4 is 6.03 Å².